The first-order valence-corrected chi connectivity index (χ1v) is 24.0. The molecule has 16 atom stereocenters. The van der Waals surface area contributed by atoms with E-state index in [-0.39, 0.29) is 52.8 Å². The minimum atomic E-state index is -1.12. The van der Waals surface area contributed by atoms with Gasteiger partial charge in [0.05, 0.1) is 11.0 Å². The first kappa shape index (κ1) is 35.3. The van der Waals surface area contributed by atoms with Gasteiger partial charge in [-0.15, -0.1) is 0 Å². The van der Waals surface area contributed by atoms with Crippen molar-refractivity contribution in [1.29, 1.82) is 0 Å². The fraction of sp³-hybridized carbons (Fsp3) is 0.686. The largest absolute Gasteiger partial charge is 0.508 e. The molecule has 1 aromatic rings. The van der Waals surface area contributed by atoms with Gasteiger partial charge in [-0.3, -0.25) is 9.69 Å². The number of piperidine rings is 3. The van der Waals surface area contributed by atoms with Crippen LogP contribution >= 0.6 is 0 Å². The number of nitrogens with two attached hydrogens (primary N) is 1. The monoisotopic (exact) mass is 795 g/mol. The fourth-order valence-electron chi connectivity index (χ4n) is 19.0. The van der Waals surface area contributed by atoms with Crippen LogP contribution in [0.3, 0.4) is 0 Å². The molecule has 3 N–H and O–H groups in total. The van der Waals surface area contributed by atoms with Gasteiger partial charge in [-0.05, 0) is 144 Å². The topological polar surface area (TPSA) is 105 Å². The highest BCUT2D eigenvalue weighted by Gasteiger charge is 2.94. The lowest BCUT2D eigenvalue weighted by molar-refractivity contribution is -0.283. The van der Waals surface area contributed by atoms with Gasteiger partial charge < -0.3 is 25.2 Å². The van der Waals surface area contributed by atoms with E-state index in [9.17, 15) is 9.90 Å². The molecule has 16 unspecified atom stereocenters. The average molecular weight is 796 g/mol. The van der Waals surface area contributed by atoms with Crippen molar-refractivity contribution >= 4 is 11.9 Å². The molecule has 6 fully saturated rings. The number of hydrogen-bond acceptors (Lipinski definition) is 8. The summed E-state index contributed by atoms with van der Waals surface area (Å²) in [4.78, 5) is 36.7. The van der Waals surface area contributed by atoms with Gasteiger partial charge in [-0.2, -0.15) is 0 Å². The Bertz CT molecular complexity index is 2320. The summed E-state index contributed by atoms with van der Waals surface area (Å²) in [5.74, 6) is 2.33. The van der Waals surface area contributed by atoms with E-state index in [1.807, 2.05) is 0 Å². The van der Waals surface area contributed by atoms with Crippen molar-refractivity contribution in [2.75, 3.05) is 19.6 Å². The first-order valence-electron chi connectivity index (χ1n) is 24.0. The number of aryl methyl sites for hydroxylation is 1. The number of aliphatic hydroxyl groups is 1. The molecule has 4 saturated heterocycles. The predicted molar refractivity (Wildman–Crippen MR) is 221 cm³/mol. The maximum absolute atomic E-state index is 16.0. The van der Waals surface area contributed by atoms with Crippen molar-refractivity contribution in [1.82, 2.24) is 9.80 Å². The third kappa shape index (κ3) is 3.62. The Hall–Kier alpha value is -3.36. The first-order chi connectivity index (χ1) is 28.6. The summed E-state index contributed by atoms with van der Waals surface area (Å²) in [6, 6.07) is 7.49. The van der Waals surface area contributed by atoms with Crippen molar-refractivity contribution in [2.45, 2.75) is 134 Å². The van der Waals surface area contributed by atoms with Crippen LogP contribution in [0.1, 0.15) is 126 Å². The number of aliphatic hydroxyl groups excluding tert-OH is 1. The maximum Gasteiger partial charge on any atom is 0.339 e. The Morgan fingerprint density at radius 2 is 1.85 bits per heavy atom. The number of fused-ring (bicyclic) bond motifs is 4. The highest BCUT2D eigenvalue weighted by molar-refractivity contribution is 6.00. The van der Waals surface area contributed by atoms with Crippen LogP contribution in [-0.2, 0) is 26.3 Å². The summed E-state index contributed by atoms with van der Waals surface area (Å²) in [6.45, 7) is 10.1. The summed E-state index contributed by atoms with van der Waals surface area (Å²) in [5.41, 5.74) is 13.5. The molecule has 0 amide bonds. The second-order valence-electron chi connectivity index (χ2n) is 22.3. The van der Waals surface area contributed by atoms with Crippen molar-refractivity contribution in [3.8, 4) is 0 Å². The molecule has 0 radical (unpaired) electrons. The normalized spacial score (nSPS) is 49.8. The number of hydrogen-bond donors (Lipinski definition) is 2. The fourth-order valence-corrected chi connectivity index (χ4v) is 19.0. The summed E-state index contributed by atoms with van der Waals surface area (Å²) in [7, 11) is 0. The van der Waals surface area contributed by atoms with Gasteiger partial charge in [0, 0.05) is 66.1 Å². The lowest BCUT2D eigenvalue weighted by Gasteiger charge is -2.74. The van der Waals surface area contributed by atoms with Gasteiger partial charge in [0.1, 0.15) is 11.2 Å². The number of carbonyl (C=O) groups is 2. The molecule has 2 saturated carbocycles. The zero-order valence-corrected chi connectivity index (χ0v) is 35.2. The quantitative estimate of drug-likeness (QED) is 0.233. The SMILES string of the molecule is CC1C=C2CCC34CC2C2=C5CCC67C(=C(O)C8CCC9C%10CC(CN9C8C)C8CCC(=C(C53)N8C%10)CC4C)OC(=O)C26C(C1)C71OC(=O)c2c(CCCN)cccc21. The van der Waals surface area contributed by atoms with E-state index < -0.39 is 16.4 Å². The van der Waals surface area contributed by atoms with Gasteiger partial charge in [0.15, 0.2) is 11.4 Å². The van der Waals surface area contributed by atoms with Crippen molar-refractivity contribution < 1.29 is 24.2 Å². The number of esters is 2. The summed E-state index contributed by atoms with van der Waals surface area (Å²) in [5, 5.41) is 13.3. The molecule has 59 heavy (non-hydrogen) atoms. The van der Waals surface area contributed by atoms with Gasteiger partial charge >= 0.3 is 11.9 Å². The van der Waals surface area contributed by atoms with Crippen LogP contribution in [0.4, 0.5) is 0 Å². The molecule has 8 aliphatic heterocycles. The number of rotatable bonds is 3. The highest BCUT2D eigenvalue weighted by atomic mass is 16.6. The zero-order chi connectivity index (χ0) is 39.7. The van der Waals surface area contributed by atoms with Gasteiger partial charge in [0.2, 0.25) is 0 Å². The maximum atomic E-state index is 16.0. The van der Waals surface area contributed by atoms with Crippen LogP contribution < -0.4 is 5.73 Å². The summed E-state index contributed by atoms with van der Waals surface area (Å²) < 4.78 is 14.2. The van der Waals surface area contributed by atoms with E-state index in [4.69, 9.17) is 15.2 Å². The highest BCUT2D eigenvalue weighted by Crippen LogP contribution is 2.89. The predicted octanol–water partition coefficient (Wildman–Crippen LogP) is 8.24. The standard InChI is InChI=1S/C51H61N3O5/c1-25-18-29-13-15-48-22-35(29)41-34-14-16-49-45(58-47(57)50(41,49)39(19-25)51(49)36-8-4-6-28(7-5-17-52)40(36)46(56)59-51)44(55)33-10-12-37-32-21-31(23-53(37)27(33)3)38-11-9-30(20-26(48)2)43(42(34)48)54(38)24-32/h4,6,8,18,25-27,31-33,35,37-39,42,55H,5,7,9-17,19-24,52H2,1-3H3. The molecule has 0 aromatic heterocycles. The van der Waals surface area contributed by atoms with E-state index in [2.05, 4.69) is 54.8 Å². The molecule has 1 aromatic carbocycles. The second-order valence-corrected chi connectivity index (χ2v) is 22.3. The minimum absolute atomic E-state index is 0.115. The molecule has 15 rings (SSSR count). The number of carbonyl (C=O) groups excluding carboxylic acids is 2. The molecule has 4 spiro atoms. The molecule has 310 valence electrons. The van der Waals surface area contributed by atoms with Gasteiger partial charge in [0.25, 0.3) is 0 Å². The van der Waals surface area contributed by atoms with E-state index in [0.717, 1.165) is 69.2 Å². The van der Waals surface area contributed by atoms with E-state index >= 15 is 4.79 Å². The lowest BCUT2D eigenvalue weighted by atomic mass is 9.26. The Labute approximate surface area is 348 Å². The third-order valence-corrected chi connectivity index (χ3v) is 20.8. The summed E-state index contributed by atoms with van der Waals surface area (Å²) >= 11 is 0. The van der Waals surface area contributed by atoms with Crippen molar-refractivity contribution in [3.05, 3.63) is 80.5 Å². The Morgan fingerprint density at radius 3 is 2.71 bits per heavy atom. The van der Waals surface area contributed by atoms with Gasteiger partial charge in [-0.25, -0.2) is 4.79 Å². The van der Waals surface area contributed by atoms with Crippen molar-refractivity contribution in [2.24, 2.45) is 69.3 Å². The van der Waals surface area contributed by atoms with Crippen LogP contribution in [0.2, 0.25) is 0 Å². The molecule has 12 bridgehead atoms. The molecule has 8 nitrogen and oxygen atoms in total. The molecular formula is C51H61N3O5. The smallest absolute Gasteiger partial charge is 0.339 e. The molecule has 14 aliphatic rings. The van der Waals surface area contributed by atoms with Crippen LogP contribution in [-0.4, -0.2) is 64.6 Å². The summed E-state index contributed by atoms with van der Waals surface area (Å²) in [6.07, 6.45) is 16.6. The Kier molecular flexibility index (Phi) is 6.67. The molecule has 6 aliphatic carbocycles. The lowest BCUT2D eigenvalue weighted by Crippen LogP contribution is -2.78. The van der Waals surface area contributed by atoms with Gasteiger partial charge in [-0.1, -0.05) is 54.8 Å². The van der Waals surface area contributed by atoms with Crippen LogP contribution in [0, 0.1) is 63.6 Å². The van der Waals surface area contributed by atoms with E-state index in [1.165, 1.54) is 43.3 Å². The zero-order valence-electron chi connectivity index (χ0n) is 35.2. The van der Waals surface area contributed by atoms with E-state index in [0.29, 0.717) is 66.5 Å². The molecular weight excluding hydrogens is 735 g/mol. The van der Waals surface area contributed by atoms with Crippen molar-refractivity contribution in [3.63, 3.8) is 0 Å². The molecule has 8 heteroatoms. The Balaban J connectivity index is 1.11. The second kappa shape index (κ2) is 11.2. The minimum Gasteiger partial charge on any atom is -0.508 e. The number of allylic oxidation sites excluding steroid dienone is 4. The van der Waals surface area contributed by atoms with E-state index in [1.54, 1.807) is 16.8 Å². The number of ether oxygens (including phenoxy) is 2. The number of benzene rings is 1. The Morgan fingerprint density at radius 1 is 0.983 bits per heavy atom. The molecule has 8 heterocycles. The number of nitrogens with zero attached hydrogens (tertiary/aromatic N) is 2. The van der Waals surface area contributed by atoms with Crippen LogP contribution in [0.25, 0.3) is 0 Å². The third-order valence-electron chi connectivity index (χ3n) is 20.8. The average Bonchev–Trinajstić information content (AvgIpc) is 3.68. The van der Waals surface area contributed by atoms with Crippen LogP contribution in [0.5, 0.6) is 0 Å². The van der Waals surface area contributed by atoms with Crippen LogP contribution in [0.15, 0.2) is 63.8 Å².